The zero-order valence-electron chi connectivity index (χ0n) is 10.6. The van der Waals surface area contributed by atoms with Gasteiger partial charge in [-0.25, -0.2) is 9.59 Å². The molecule has 1 saturated heterocycles. The number of aromatic carboxylic acids is 1. The topological polar surface area (TPSA) is 87.7 Å². The molecule has 104 valence electrons. The zero-order chi connectivity index (χ0) is 13.9. The van der Waals surface area contributed by atoms with Gasteiger partial charge in [0, 0.05) is 18.8 Å². The van der Waals surface area contributed by atoms with Crippen molar-refractivity contribution in [1.29, 1.82) is 0 Å². The van der Waals surface area contributed by atoms with Gasteiger partial charge >= 0.3 is 12.0 Å². The van der Waals surface area contributed by atoms with Crippen LogP contribution in [0, 0.1) is 0 Å². The van der Waals surface area contributed by atoms with Gasteiger partial charge in [-0.2, -0.15) is 0 Å². The molecule has 0 bridgehead atoms. The third-order valence-electron chi connectivity index (χ3n) is 3.13. The normalized spacial score (nSPS) is 17.7. The summed E-state index contributed by atoms with van der Waals surface area (Å²) in [5, 5.41) is 16.4. The van der Waals surface area contributed by atoms with Gasteiger partial charge in [0.25, 0.3) is 0 Å². The summed E-state index contributed by atoms with van der Waals surface area (Å²) in [5.74, 6) is -1.05. The Kier molecular flexibility index (Phi) is 4.06. The summed E-state index contributed by atoms with van der Waals surface area (Å²) in [6.07, 6.45) is 1.49. The lowest BCUT2D eigenvalue weighted by Gasteiger charge is -2.34. The molecule has 19 heavy (non-hydrogen) atoms. The molecule has 1 aliphatic rings. The number of carboxylic acids is 1. The van der Waals surface area contributed by atoms with Crippen molar-refractivity contribution in [2.45, 2.75) is 25.3 Å². The SMILES string of the molecule is CC1(NC(=O)Nc2sccc2C(=O)O)CCOCC1. The minimum atomic E-state index is -1.05. The van der Waals surface area contributed by atoms with Crippen molar-refractivity contribution in [2.24, 2.45) is 0 Å². The van der Waals surface area contributed by atoms with E-state index in [9.17, 15) is 9.59 Å². The van der Waals surface area contributed by atoms with Gasteiger partial charge in [0.15, 0.2) is 0 Å². The van der Waals surface area contributed by atoms with Crippen LogP contribution in [0.1, 0.15) is 30.1 Å². The summed E-state index contributed by atoms with van der Waals surface area (Å²) in [5.41, 5.74) is -0.194. The Hall–Kier alpha value is -1.60. The molecule has 0 spiro atoms. The highest BCUT2D eigenvalue weighted by Gasteiger charge is 2.29. The monoisotopic (exact) mass is 284 g/mol. The van der Waals surface area contributed by atoms with E-state index in [1.54, 1.807) is 5.38 Å². The van der Waals surface area contributed by atoms with Crippen LogP contribution in [0.5, 0.6) is 0 Å². The molecular formula is C12H16N2O4S. The smallest absolute Gasteiger partial charge is 0.338 e. The average molecular weight is 284 g/mol. The Labute approximate surface area is 114 Å². The third kappa shape index (κ3) is 3.45. The van der Waals surface area contributed by atoms with Gasteiger partial charge < -0.3 is 15.2 Å². The first kappa shape index (κ1) is 13.8. The predicted octanol–water partition coefficient (Wildman–Crippen LogP) is 2.14. The number of hydrogen-bond acceptors (Lipinski definition) is 4. The number of hydrogen-bond donors (Lipinski definition) is 3. The number of anilines is 1. The molecule has 2 rings (SSSR count). The number of amides is 2. The number of carboxylic acid groups (broad SMARTS) is 1. The zero-order valence-corrected chi connectivity index (χ0v) is 11.4. The Morgan fingerprint density at radius 3 is 2.74 bits per heavy atom. The lowest BCUT2D eigenvalue weighted by molar-refractivity contribution is 0.0499. The molecule has 0 aliphatic carbocycles. The van der Waals surface area contributed by atoms with Crippen molar-refractivity contribution in [2.75, 3.05) is 18.5 Å². The second-order valence-electron chi connectivity index (χ2n) is 4.72. The van der Waals surface area contributed by atoms with Gasteiger partial charge in [0.05, 0.1) is 5.56 Å². The molecule has 1 aromatic rings. The predicted molar refractivity (Wildman–Crippen MR) is 71.9 cm³/mol. The Morgan fingerprint density at radius 2 is 2.11 bits per heavy atom. The Bertz CT molecular complexity index is 480. The van der Waals surface area contributed by atoms with E-state index in [2.05, 4.69) is 10.6 Å². The molecule has 6 nitrogen and oxygen atoms in total. The summed E-state index contributed by atoms with van der Waals surface area (Å²) in [6, 6.07) is 1.09. The van der Waals surface area contributed by atoms with Crippen molar-refractivity contribution >= 4 is 28.3 Å². The molecule has 2 heterocycles. The molecule has 1 aliphatic heterocycles. The maximum Gasteiger partial charge on any atom is 0.338 e. The Balaban J connectivity index is 1.97. The highest BCUT2D eigenvalue weighted by molar-refractivity contribution is 7.14. The lowest BCUT2D eigenvalue weighted by Crippen LogP contribution is -2.51. The van der Waals surface area contributed by atoms with Gasteiger partial charge in [0.1, 0.15) is 5.00 Å². The van der Waals surface area contributed by atoms with Gasteiger partial charge in [0.2, 0.25) is 0 Å². The van der Waals surface area contributed by atoms with E-state index in [-0.39, 0.29) is 17.1 Å². The number of thiophene rings is 1. The third-order valence-corrected chi connectivity index (χ3v) is 3.96. The minimum absolute atomic E-state index is 0.109. The molecule has 0 atom stereocenters. The average Bonchev–Trinajstić information content (AvgIpc) is 2.77. The van der Waals surface area contributed by atoms with Crippen LogP contribution in [-0.4, -0.2) is 35.9 Å². The molecule has 3 N–H and O–H groups in total. The maximum atomic E-state index is 11.9. The largest absolute Gasteiger partial charge is 0.478 e. The van der Waals surface area contributed by atoms with Crippen molar-refractivity contribution in [3.63, 3.8) is 0 Å². The van der Waals surface area contributed by atoms with Crippen LogP contribution < -0.4 is 10.6 Å². The summed E-state index contributed by atoms with van der Waals surface area (Å²) in [4.78, 5) is 22.8. The number of urea groups is 1. The fourth-order valence-corrected chi connectivity index (χ4v) is 2.70. The van der Waals surface area contributed by atoms with E-state index in [1.165, 1.54) is 17.4 Å². The fraction of sp³-hybridized carbons (Fsp3) is 0.500. The molecular weight excluding hydrogens is 268 g/mol. The molecule has 0 radical (unpaired) electrons. The lowest BCUT2D eigenvalue weighted by atomic mass is 9.93. The number of carbonyl (C=O) groups excluding carboxylic acids is 1. The van der Waals surface area contributed by atoms with Crippen LogP contribution in [0.4, 0.5) is 9.80 Å². The van der Waals surface area contributed by atoms with Gasteiger partial charge in [-0.05, 0) is 31.2 Å². The molecule has 7 heteroatoms. The minimum Gasteiger partial charge on any atom is -0.478 e. The van der Waals surface area contributed by atoms with E-state index in [0.717, 1.165) is 12.8 Å². The van der Waals surface area contributed by atoms with Crippen LogP contribution in [0.3, 0.4) is 0 Å². The first-order valence-corrected chi connectivity index (χ1v) is 6.86. The first-order valence-electron chi connectivity index (χ1n) is 5.98. The maximum absolute atomic E-state index is 11.9. The molecule has 1 fully saturated rings. The van der Waals surface area contributed by atoms with Gasteiger partial charge in [-0.3, -0.25) is 5.32 Å². The number of rotatable bonds is 3. The number of carbonyl (C=O) groups is 2. The first-order chi connectivity index (χ1) is 9.00. The van der Waals surface area contributed by atoms with E-state index in [0.29, 0.717) is 18.2 Å². The summed E-state index contributed by atoms with van der Waals surface area (Å²) < 4.78 is 5.26. The highest BCUT2D eigenvalue weighted by atomic mass is 32.1. The Morgan fingerprint density at radius 1 is 1.42 bits per heavy atom. The summed E-state index contributed by atoms with van der Waals surface area (Å²) in [6.45, 7) is 3.20. The number of ether oxygens (including phenoxy) is 1. The van der Waals surface area contributed by atoms with Crippen molar-refractivity contribution < 1.29 is 19.4 Å². The second kappa shape index (κ2) is 5.58. The van der Waals surface area contributed by atoms with Crippen LogP contribution in [0.2, 0.25) is 0 Å². The van der Waals surface area contributed by atoms with Gasteiger partial charge in [-0.1, -0.05) is 0 Å². The quantitative estimate of drug-likeness (QED) is 0.793. The van der Waals surface area contributed by atoms with Crippen LogP contribution in [0.25, 0.3) is 0 Å². The van der Waals surface area contributed by atoms with Crippen molar-refractivity contribution in [1.82, 2.24) is 5.32 Å². The second-order valence-corrected chi connectivity index (χ2v) is 5.64. The molecule has 0 aromatic carbocycles. The highest BCUT2D eigenvalue weighted by Crippen LogP contribution is 2.24. The van der Waals surface area contributed by atoms with Crippen molar-refractivity contribution in [3.8, 4) is 0 Å². The van der Waals surface area contributed by atoms with Crippen LogP contribution in [0.15, 0.2) is 11.4 Å². The van der Waals surface area contributed by atoms with Gasteiger partial charge in [-0.15, -0.1) is 11.3 Å². The van der Waals surface area contributed by atoms with E-state index in [4.69, 9.17) is 9.84 Å². The van der Waals surface area contributed by atoms with Crippen LogP contribution in [-0.2, 0) is 4.74 Å². The molecule has 1 aromatic heterocycles. The fourth-order valence-electron chi connectivity index (χ4n) is 1.93. The standard InChI is InChI=1S/C12H16N2O4S/c1-12(3-5-18-6-4-12)14-11(17)13-9-8(10(15)16)2-7-19-9/h2,7H,3-6H2,1H3,(H,15,16)(H2,13,14,17). The van der Waals surface area contributed by atoms with E-state index < -0.39 is 5.97 Å². The summed E-state index contributed by atoms with van der Waals surface area (Å²) in [7, 11) is 0. The number of nitrogens with one attached hydrogen (secondary N) is 2. The van der Waals surface area contributed by atoms with Crippen LogP contribution >= 0.6 is 11.3 Å². The van der Waals surface area contributed by atoms with E-state index in [1.807, 2.05) is 6.92 Å². The molecule has 0 saturated carbocycles. The van der Waals surface area contributed by atoms with Crippen molar-refractivity contribution in [3.05, 3.63) is 17.0 Å². The molecule has 2 amide bonds. The summed E-state index contributed by atoms with van der Waals surface area (Å²) >= 11 is 1.19. The molecule has 0 unspecified atom stereocenters. The van der Waals surface area contributed by atoms with E-state index >= 15 is 0 Å².